The van der Waals surface area contributed by atoms with Gasteiger partial charge in [-0.2, -0.15) is 0 Å². The molecule has 3 nitrogen and oxygen atoms in total. The maximum absolute atomic E-state index is 11.3. The van der Waals surface area contributed by atoms with Crippen LogP contribution >= 0.6 is 0 Å². The Balaban J connectivity index is 1.84. The molecule has 0 unspecified atom stereocenters. The van der Waals surface area contributed by atoms with Gasteiger partial charge >= 0.3 is 0 Å². The summed E-state index contributed by atoms with van der Waals surface area (Å²) in [6, 6.07) is 10.6. The minimum Gasteiger partial charge on any atom is -0.382 e. The average Bonchev–Trinajstić information content (AvgIpc) is 2.42. The Labute approximate surface area is 109 Å². The number of nitrogens with one attached hydrogen (secondary N) is 1. The number of fused-ring (bicyclic) bond motifs is 1. The van der Waals surface area contributed by atoms with Crippen molar-refractivity contribution in [2.75, 3.05) is 16.8 Å². The fourth-order valence-electron chi connectivity index (χ4n) is 2.38. The zero-order valence-electron chi connectivity index (χ0n) is 10.1. The van der Waals surface area contributed by atoms with Gasteiger partial charge in [0.05, 0.1) is 5.52 Å². The number of aromatic nitrogens is 1. The SMILES string of the molecule is O=S1CCC(Nc2ccnc3ccccc23)CC1. The monoisotopic (exact) mass is 260 g/mol. The van der Waals surface area contributed by atoms with Crippen LogP contribution in [0, 0.1) is 0 Å². The van der Waals surface area contributed by atoms with Crippen molar-refractivity contribution in [1.82, 2.24) is 4.98 Å². The predicted molar refractivity (Wildman–Crippen MR) is 76.3 cm³/mol. The molecular formula is C14H16N2OS. The van der Waals surface area contributed by atoms with Crippen LogP contribution in [0.15, 0.2) is 36.5 Å². The Bertz CT molecular complexity index is 570. The van der Waals surface area contributed by atoms with Gasteiger partial charge in [-0.25, -0.2) is 0 Å². The lowest BCUT2D eigenvalue weighted by Crippen LogP contribution is -2.29. The molecule has 0 aliphatic carbocycles. The first-order valence-electron chi connectivity index (χ1n) is 6.28. The van der Waals surface area contributed by atoms with E-state index in [0.29, 0.717) is 6.04 Å². The van der Waals surface area contributed by atoms with Crippen LogP contribution in [0.5, 0.6) is 0 Å². The maximum Gasteiger partial charge on any atom is 0.0722 e. The summed E-state index contributed by atoms with van der Waals surface area (Å²) in [7, 11) is -0.598. The molecule has 2 aromatic rings. The molecule has 1 aromatic carbocycles. The summed E-state index contributed by atoms with van der Waals surface area (Å²) in [4.78, 5) is 4.36. The summed E-state index contributed by atoms with van der Waals surface area (Å²) >= 11 is 0. The third kappa shape index (κ3) is 2.38. The Kier molecular flexibility index (Phi) is 3.28. The molecule has 1 fully saturated rings. The van der Waals surface area contributed by atoms with Crippen molar-refractivity contribution in [3.8, 4) is 0 Å². The molecule has 2 heterocycles. The van der Waals surface area contributed by atoms with Crippen molar-refractivity contribution in [3.05, 3.63) is 36.5 Å². The van der Waals surface area contributed by atoms with Gasteiger partial charge in [0, 0.05) is 45.6 Å². The van der Waals surface area contributed by atoms with Gasteiger partial charge in [0.25, 0.3) is 0 Å². The quantitative estimate of drug-likeness (QED) is 0.902. The minimum absolute atomic E-state index is 0.438. The molecule has 1 saturated heterocycles. The second kappa shape index (κ2) is 5.06. The molecular weight excluding hydrogens is 244 g/mol. The second-order valence-electron chi connectivity index (χ2n) is 4.64. The van der Waals surface area contributed by atoms with Crippen molar-refractivity contribution in [2.45, 2.75) is 18.9 Å². The number of benzene rings is 1. The number of pyridine rings is 1. The molecule has 0 spiro atoms. The Morgan fingerprint density at radius 1 is 1.17 bits per heavy atom. The zero-order chi connectivity index (χ0) is 12.4. The molecule has 0 amide bonds. The van der Waals surface area contributed by atoms with E-state index in [1.807, 2.05) is 30.5 Å². The standard InChI is InChI=1S/C14H16N2OS/c17-18-9-6-11(7-10-18)16-14-5-8-15-13-4-2-1-3-12(13)14/h1-5,8,11H,6-7,9-10H2,(H,15,16). The third-order valence-corrected chi connectivity index (χ3v) is 4.78. The zero-order valence-corrected chi connectivity index (χ0v) is 11.0. The number of anilines is 1. The summed E-state index contributed by atoms with van der Waals surface area (Å²) < 4.78 is 11.3. The normalized spacial score (nSPS) is 24.0. The molecule has 18 heavy (non-hydrogen) atoms. The van der Waals surface area contributed by atoms with E-state index in [1.165, 1.54) is 0 Å². The lowest BCUT2D eigenvalue weighted by Gasteiger charge is -2.24. The molecule has 1 N–H and O–H groups in total. The van der Waals surface area contributed by atoms with Crippen LogP contribution in [0.1, 0.15) is 12.8 Å². The van der Waals surface area contributed by atoms with Crippen LogP contribution in [-0.4, -0.2) is 26.7 Å². The third-order valence-electron chi connectivity index (χ3n) is 3.40. The topological polar surface area (TPSA) is 42.0 Å². The van der Waals surface area contributed by atoms with Gasteiger partial charge in [0.1, 0.15) is 0 Å². The highest BCUT2D eigenvalue weighted by atomic mass is 32.2. The van der Waals surface area contributed by atoms with Gasteiger partial charge in [-0.3, -0.25) is 9.19 Å². The summed E-state index contributed by atoms with van der Waals surface area (Å²) in [5, 5.41) is 4.73. The Morgan fingerprint density at radius 2 is 1.94 bits per heavy atom. The Morgan fingerprint density at radius 3 is 2.78 bits per heavy atom. The first-order valence-corrected chi connectivity index (χ1v) is 7.77. The van der Waals surface area contributed by atoms with Gasteiger partial charge in [0.2, 0.25) is 0 Å². The van der Waals surface area contributed by atoms with E-state index in [0.717, 1.165) is 40.9 Å². The van der Waals surface area contributed by atoms with Crippen LogP contribution < -0.4 is 5.32 Å². The van der Waals surface area contributed by atoms with Gasteiger partial charge in [-0.15, -0.1) is 0 Å². The summed E-state index contributed by atoms with van der Waals surface area (Å²) in [6.07, 6.45) is 3.82. The molecule has 0 radical (unpaired) electrons. The molecule has 0 saturated carbocycles. The lowest BCUT2D eigenvalue weighted by molar-refractivity contribution is 0.624. The molecule has 0 bridgehead atoms. The minimum atomic E-state index is -0.598. The van der Waals surface area contributed by atoms with E-state index in [1.54, 1.807) is 0 Å². The average molecular weight is 260 g/mol. The van der Waals surface area contributed by atoms with E-state index in [2.05, 4.69) is 16.4 Å². The highest BCUT2D eigenvalue weighted by Crippen LogP contribution is 2.23. The maximum atomic E-state index is 11.3. The van der Waals surface area contributed by atoms with Crippen LogP contribution in [0.2, 0.25) is 0 Å². The van der Waals surface area contributed by atoms with Crippen LogP contribution in [0.4, 0.5) is 5.69 Å². The van der Waals surface area contributed by atoms with Crippen LogP contribution in [0.3, 0.4) is 0 Å². The highest BCUT2D eigenvalue weighted by Gasteiger charge is 2.18. The number of nitrogens with zero attached hydrogens (tertiary/aromatic N) is 1. The lowest BCUT2D eigenvalue weighted by atomic mass is 10.1. The van der Waals surface area contributed by atoms with Gasteiger partial charge in [0.15, 0.2) is 0 Å². The first-order chi connectivity index (χ1) is 8.83. The van der Waals surface area contributed by atoms with Gasteiger partial charge in [-0.1, -0.05) is 18.2 Å². The summed E-state index contributed by atoms with van der Waals surface area (Å²) in [5.74, 6) is 1.64. The smallest absolute Gasteiger partial charge is 0.0722 e. The fraction of sp³-hybridized carbons (Fsp3) is 0.357. The van der Waals surface area contributed by atoms with Crippen molar-refractivity contribution in [2.24, 2.45) is 0 Å². The van der Waals surface area contributed by atoms with E-state index < -0.39 is 10.8 Å². The molecule has 1 aliphatic heterocycles. The summed E-state index contributed by atoms with van der Waals surface area (Å²) in [5.41, 5.74) is 2.15. The van der Waals surface area contributed by atoms with Crippen molar-refractivity contribution in [1.29, 1.82) is 0 Å². The predicted octanol–water partition coefficient (Wildman–Crippen LogP) is 2.56. The Hall–Kier alpha value is -1.42. The molecule has 3 rings (SSSR count). The molecule has 0 atom stereocenters. The van der Waals surface area contributed by atoms with E-state index >= 15 is 0 Å². The van der Waals surface area contributed by atoms with Crippen molar-refractivity contribution < 1.29 is 4.21 Å². The molecule has 4 heteroatoms. The largest absolute Gasteiger partial charge is 0.382 e. The number of para-hydroxylation sites is 1. The van der Waals surface area contributed by atoms with E-state index in [9.17, 15) is 4.21 Å². The van der Waals surface area contributed by atoms with Gasteiger partial charge < -0.3 is 5.32 Å². The second-order valence-corrected chi connectivity index (χ2v) is 6.34. The molecule has 94 valence electrons. The first kappa shape index (κ1) is 11.7. The summed E-state index contributed by atoms with van der Waals surface area (Å²) in [6.45, 7) is 0. The van der Waals surface area contributed by atoms with Crippen LogP contribution in [0.25, 0.3) is 10.9 Å². The van der Waals surface area contributed by atoms with Crippen LogP contribution in [-0.2, 0) is 10.8 Å². The van der Waals surface area contributed by atoms with Crippen molar-refractivity contribution in [3.63, 3.8) is 0 Å². The van der Waals surface area contributed by atoms with Crippen molar-refractivity contribution >= 4 is 27.4 Å². The highest BCUT2D eigenvalue weighted by molar-refractivity contribution is 7.85. The van der Waals surface area contributed by atoms with E-state index in [4.69, 9.17) is 0 Å². The molecule has 1 aliphatic rings. The van der Waals surface area contributed by atoms with Gasteiger partial charge in [-0.05, 0) is 25.0 Å². The fourth-order valence-corrected chi connectivity index (χ4v) is 3.68. The number of hydrogen-bond acceptors (Lipinski definition) is 3. The van der Waals surface area contributed by atoms with E-state index in [-0.39, 0.29) is 0 Å². The number of hydrogen-bond donors (Lipinski definition) is 1. The molecule has 1 aromatic heterocycles. The number of rotatable bonds is 2.